The Balaban J connectivity index is 1.69. The summed E-state index contributed by atoms with van der Waals surface area (Å²) in [6.07, 6.45) is 1.47. The van der Waals surface area contributed by atoms with Crippen molar-refractivity contribution < 1.29 is 5.11 Å². The summed E-state index contributed by atoms with van der Waals surface area (Å²) in [4.78, 5) is 0. The average molecular weight is 273 g/mol. The second-order valence-electron chi connectivity index (χ2n) is 5.35. The Morgan fingerprint density at radius 3 is 3.00 bits per heavy atom. The van der Waals surface area contributed by atoms with Crippen LogP contribution in [0.2, 0.25) is 0 Å². The number of thiophene rings is 1. The van der Waals surface area contributed by atoms with E-state index in [1.54, 1.807) is 11.3 Å². The molecular formula is C16H19NOS. The predicted octanol–water partition coefficient (Wildman–Crippen LogP) is 2.93. The summed E-state index contributed by atoms with van der Waals surface area (Å²) in [5.41, 5.74) is 3.90. The number of rotatable bonds is 4. The van der Waals surface area contributed by atoms with Crippen molar-refractivity contribution in [3.63, 3.8) is 0 Å². The molecule has 3 atom stereocenters. The average Bonchev–Trinajstić information content (AvgIpc) is 2.99. The van der Waals surface area contributed by atoms with E-state index in [9.17, 15) is 5.11 Å². The van der Waals surface area contributed by atoms with Crippen molar-refractivity contribution >= 4 is 11.3 Å². The van der Waals surface area contributed by atoms with Gasteiger partial charge in [-0.25, -0.2) is 0 Å². The minimum absolute atomic E-state index is 0.0739. The predicted molar refractivity (Wildman–Crippen MR) is 79.5 cm³/mol. The van der Waals surface area contributed by atoms with Gasteiger partial charge in [0.1, 0.15) is 0 Å². The molecule has 1 aliphatic rings. The lowest BCUT2D eigenvalue weighted by atomic mass is 10.0. The van der Waals surface area contributed by atoms with Crippen LogP contribution in [-0.4, -0.2) is 17.3 Å². The summed E-state index contributed by atoms with van der Waals surface area (Å²) in [7, 11) is 0. The molecule has 2 nitrogen and oxygen atoms in total. The van der Waals surface area contributed by atoms with Gasteiger partial charge < -0.3 is 10.4 Å². The lowest BCUT2D eigenvalue weighted by Crippen LogP contribution is -2.36. The Kier molecular flexibility index (Phi) is 3.69. The molecule has 0 bridgehead atoms. The maximum atomic E-state index is 10.2. The van der Waals surface area contributed by atoms with Gasteiger partial charge in [-0.3, -0.25) is 0 Å². The summed E-state index contributed by atoms with van der Waals surface area (Å²) in [5.74, 6) is 0. The van der Waals surface area contributed by atoms with Gasteiger partial charge in [-0.15, -0.1) is 0 Å². The van der Waals surface area contributed by atoms with Gasteiger partial charge >= 0.3 is 0 Å². The van der Waals surface area contributed by atoms with E-state index in [0.29, 0.717) is 6.04 Å². The van der Waals surface area contributed by atoms with Gasteiger partial charge in [-0.2, -0.15) is 11.3 Å². The number of hydrogen-bond acceptors (Lipinski definition) is 3. The molecule has 0 saturated heterocycles. The van der Waals surface area contributed by atoms with Crippen LogP contribution >= 0.6 is 11.3 Å². The number of hydrogen-bond donors (Lipinski definition) is 2. The summed E-state index contributed by atoms with van der Waals surface area (Å²) < 4.78 is 0. The Morgan fingerprint density at radius 1 is 1.37 bits per heavy atom. The second kappa shape index (κ2) is 5.45. The highest BCUT2D eigenvalue weighted by Gasteiger charge is 2.31. The fraction of sp³-hybridized carbons (Fsp3) is 0.375. The number of benzene rings is 1. The zero-order valence-corrected chi connectivity index (χ0v) is 11.9. The minimum atomic E-state index is -0.303. The molecule has 1 aliphatic carbocycles. The van der Waals surface area contributed by atoms with Crippen molar-refractivity contribution in [1.82, 2.24) is 5.32 Å². The third kappa shape index (κ3) is 2.73. The first-order valence-corrected chi connectivity index (χ1v) is 7.71. The number of nitrogens with one attached hydrogen (secondary N) is 1. The van der Waals surface area contributed by atoms with Crippen LogP contribution in [0.4, 0.5) is 0 Å². The van der Waals surface area contributed by atoms with Crippen LogP contribution < -0.4 is 5.32 Å². The quantitative estimate of drug-likeness (QED) is 0.897. The minimum Gasteiger partial charge on any atom is -0.391 e. The maximum absolute atomic E-state index is 10.2. The maximum Gasteiger partial charge on any atom is 0.0775 e. The van der Waals surface area contributed by atoms with E-state index < -0.39 is 0 Å². The topological polar surface area (TPSA) is 32.3 Å². The normalized spacial score (nSPS) is 23.3. The van der Waals surface area contributed by atoms with Gasteiger partial charge in [0.05, 0.1) is 12.1 Å². The van der Waals surface area contributed by atoms with Gasteiger partial charge in [0.2, 0.25) is 0 Å². The highest BCUT2D eigenvalue weighted by molar-refractivity contribution is 7.07. The van der Waals surface area contributed by atoms with E-state index in [2.05, 4.69) is 47.3 Å². The van der Waals surface area contributed by atoms with Crippen molar-refractivity contribution in [2.45, 2.75) is 38.0 Å². The number of aliphatic hydroxyl groups excluding tert-OH is 1. The standard InChI is InChI=1S/C16H19NOS/c1-11(8-12-6-7-19-10-12)17-16-14-5-3-2-4-13(14)9-15(16)18/h2-7,10-11,15-18H,8-9H2,1H3/t11-,15-,16-/m1/s1. The van der Waals surface area contributed by atoms with Crippen molar-refractivity contribution in [2.24, 2.45) is 0 Å². The van der Waals surface area contributed by atoms with Gasteiger partial charge in [0.15, 0.2) is 0 Å². The summed E-state index contributed by atoms with van der Waals surface area (Å²) >= 11 is 1.74. The van der Waals surface area contributed by atoms with E-state index in [1.165, 1.54) is 16.7 Å². The Labute approximate surface area is 118 Å². The third-order valence-corrected chi connectivity index (χ3v) is 4.52. The lowest BCUT2D eigenvalue weighted by Gasteiger charge is -2.23. The number of fused-ring (bicyclic) bond motifs is 1. The van der Waals surface area contributed by atoms with E-state index in [-0.39, 0.29) is 12.1 Å². The van der Waals surface area contributed by atoms with Crippen LogP contribution in [0.15, 0.2) is 41.1 Å². The van der Waals surface area contributed by atoms with Crippen LogP contribution in [0.25, 0.3) is 0 Å². The van der Waals surface area contributed by atoms with Gasteiger partial charge in [0, 0.05) is 12.5 Å². The third-order valence-electron chi connectivity index (χ3n) is 3.79. The van der Waals surface area contributed by atoms with E-state index in [0.717, 1.165) is 12.8 Å². The molecule has 19 heavy (non-hydrogen) atoms. The summed E-state index contributed by atoms with van der Waals surface area (Å²) in [6, 6.07) is 10.9. The first kappa shape index (κ1) is 12.9. The molecule has 100 valence electrons. The van der Waals surface area contributed by atoms with Crippen LogP contribution in [0.5, 0.6) is 0 Å². The van der Waals surface area contributed by atoms with Crippen molar-refractivity contribution in [2.75, 3.05) is 0 Å². The summed E-state index contributed by atoms with van der Waals surface area (Å²) in [6.45, 7) is 2.19. The smallest absolute Gasteiger partial charge is 0.0775 e. The van der Waals surface area contributed by atoms with Gasteiger partial charge in [-0.1, -0.05) is 24.3 Å². The highest BCUT2D eigenvalue weighted by atomic mass is 32.1. The highest BCUT2D eigenvalue weighted by Crippen LogP contribution is 2.31. The molecule has 0 saturated carbocycles. The second-order valence-corrected chi connectivity index (χ2v) is 6.13. The van der Waals surface area contributed by atoms with Crippen molar-refractivity contribution in [3.8, 4) is 0 Å². The molecule has 0 spiro atoms. The zero-order chi connectivity index (χ0) is 13.2. The van der Waals surface area contributed by atoms with Crippen LogP contribution in [0.3, 0.4) is 0 Å². The lowest BCUT2D eigenvalue weighted by molar-refractivity contribution is 0.135. The molecule has 0 unspecified atom stereocenters. The largest absolute Gasteiger partial charge is 0.391 e. The first-order chi connectivity index (χ1) is 9.24. The molecule has 0 aliphatic heterocycles. The molecule has 0 amide bonds. The summed E-state index contributed by atoms with van der Waals surface area (Å²) in [5, 5.41) is 18.1. The van der Waals surface area contributed by atoms with Crippen LogP contribution in [-0.2, 0) is 12.8 Å². The SMILES string of the molecule is C[C@H](Cc1ccsc1)N[C@@H]1c2ccccc2C[C@H]1O. The van der Waals surface area contributed by atoms with E-state index in [1.807, 2.05) is 6.07 Å². The molecule has 2 aromatic rings. The molecule has 3 heteroatoms. The molecule has 1 aromatic heterocycles. The number of aliphatic hydroxyl groups is 1. The Morgan fingerprint density at radius 2 is 2.21 bits per heavy atom. The fourth-order valence-corrected chi connectivity index (χ4v) is 3.58. The molecule has 3 rings (SSSR count). The van der Waals surface area contributed by atoms with E-state index >= 15 is 0 Å². The fourth-order valence-electron chi connectivity index (χ4n) is 2.90. The van der Waals surface area contributed by atoms with Gasteiger partial charge in [0.25, 0.3) is 0 Å². The molecule has 0 radical (unpaired) electrons. The zero-order valence-electron chi connectivity index (χ0n) is 11.0. The van der Waals surface area contributed by atoms with Crippen LogP contribution in [0, 0.1) is 0 Å². The monoisotopic (exact) mass is 273 g/mol. The van der Waals surface area contributed by atoms with Crippen molar-refractivity contribution in [3.05, 3.63) is 57.8 Å². The Bertz CT molecular complexity index is 537. The molecule has 1 aromatic carbocycles. The molecular weight excluding hydrogens is 254 g/mol. The first-order valence-electron chi connectivity index (χ1n) is 6.77. The molecule has 2 N–H and O–H groups in total. The van der Waals surface area contributed by atoms with Crippen LogP contribution in [0.1, 0.15) is 29.7 Å². The Hall–Kier alpha value is -1.16. The van der Waals surface area contributed by atoms with Gasteiger partial charge in [-0.05, 0) is 46.9 Å². The van der Waals surface area contributed by atoms with Crippen molar-refractivity contribution in [1.29, 1.82) is 0 Å². The molecule has 0 fully saturated rings. The van der Waals surface area contributed by atoms with E-state index in [4.69, 9.17) is 0 Å². The molecule has 1 heterocycles.